The van der Waals surface area contributed by atoms with E-state index in [-0.39, 0.29) is 6.61 Å². The van der Waals surface area contributed by atoms with Crippen LogP contribution in [0.25, 0.3) is 0 Å². The van der Waals surface area contributed by atoms with Gasteiger partial charge in [-0.15, -0.1) is 6.58 Å². The molecule has 0 unspecified atom stereocenters. The van der Waals surface area contributed by atoms with Crippen molar-refractivity contribution in [1.29, 1.82) is 0 Å². The minimum atomic E-state index is -0.438. The molecule has 76 valence electrons. The fraction of sp³-hybridized carbons (Fsp3) is 0.333. The summed E-state index contributed by atoms with van der Waals surface area (Å²) >= 11 is 0. The summed E-state index contributed by atoms with van der Waals surface area (Å²) in [6, 6.07) is 7.65. The molecule has 1 aromatic carbocycles. The van der Waals surface area contributed by atoms with Gasteiger partial charge in [-0.3, -0.25) is 0 Å². The van der Waals surface area contributed by atoms with Crippen molar-refractivity contribution in [2.45, 2.75) is 12.3 Å². The summed E-state index contributed by atoms with van der Waals surface area (Å²) in [5, 5.41) is 9.33. The van der Waals surface area contributed by atoms with Crippen LogP contribution in [0, 0.1) is 0 Å². The first-order chi connectivity index (χ1) is 6.68. The molecule has 1 N–H and O–H groups in total. The molecular weight excluding hydrogens is 176 g/mol. The predicted molar refractivity (Wildman–Crippen MR) is 57.6 cm³/mol. The Morgan fingerprint density at radius 1 is 1.50 bits per heavy atom. The number of hydrogen-bond acceptors (Lipinski definition) is 2. The second kappa shape index (κ2) is 4.29. The first-order valence-electron chi connectivity index (χ1n) is 4.56. The number of methoxy groups -OCH3 is 1. The van der Waals surface area contributed by atoms with Crippen LogP contribution in [0.2, 0.25) is 0 Å². The van der Waals surface area contributed by atoms with Gasteiger partial charge >= 0.3 is 0 Å². The van der Waals surface area contributed by atoms with Crippen LogP contribution in [0.15, 0.2) is 36.9 Å². The lowest BCUT2D eigenvalue weighted by Crippen LogP contribution is -2.24. The normalized spacial score (nSPS) is 14.5. The standard InChI is InChI=1S/C12H16O2/c1-4-12(2,9-13)10-7-5-6-8-11(10)14-3/h4-8,13H,1,9H2,2-3H3/t12-/m1/s1. The van der Waals surface area contributed by atoms with Crippen LogP contribution >= 0.6 is 0 Å². The third-order valence-electron chi connectivity index (χ3n) is 2.50. The topological polar surface area (TPSA) is 29.5 Å². The third kappa shape index (κ3) is 1.80. The van der Waals surface area contributed by atoms with Crippen molar-refractivity contribution in [1.82, 2.24) is 0 Å². The SMILES string of the molecule is C=C[C@](C)(CO)c1ccccc1OC. The lowest BCUT2D eigenvalue weighted by atomic mass is 9.83. The molecule has 0 saturated carbocycles. The zero-order valence-corrected chi connectivity index (χ0v) is 8.66. The average molecular weight is 192 g/mol. The number of hydrogen-bond donors (Lipinski definition) is 1. The highest BCUT2D eigenvalue weighted by Crippen LogP contribution is 2.31. The highest BCUT2D eigenvalue weighted by atomic mass is 16.5. The number of aliphatic hydroxyl groups is 1. The lowest BCUT2D eigenvalue weighted by Gasteiger charge is -2.25. The number of rotatable bonds is 4. The summed E-state index contributed by atoms with van der Waals surface area (Å²) in [5.74, 6) is 0.781. The molecule has 0 amide bonds. The smallest absolute Gasteiger partial charge is 0.123 e. The van der Waals surface area contributed by atoms with Gasteiger partial charge in [0, 0.05) is 11.0 Å². The number of ether oxygens (including phenoxy) is 1. The molecule has 0 saturated heterocycles. The molecule has 1 aromatic rings. The van der Waals surface area contributed by atoms with E-state index < -0.39 is 5.41 Å². The Hall–Kier alpha value is -1.28. The van der Waals surface area contributed by atoms with Crippen LogP contribution in [0.1, 0.15) is 12.5 Å². The molecule has 0 aliphatic heterocycles. The molecule has 0 aliphatic rings. The highest BCUT2D eigenvalue weighted by molar-refractivity contribution is 5.41. The van der Waals surface area contributed by atoms with Gasteiger partial charge in [0.25, 0.3) is 0 Å². The minimum absolute atomic E-state index is 0.0247. The van der Waals surface area contributed by atoms with Crippen LogP contribution in [-0.2, 0) is 5.41 Å². The van der Waals surface area contributed by atoms with E-state index in [2.05, 4.69) is 6.58 Å². The van der Waals surface area contributed by atoms with E-state index >= 15 is 0 Å². The van der Waals surface area contributed by atoms with E-state index in [1.165, 1.54) is 0 Å². The van der Waals surface area contributed by atoms with Crippen LogP contribution < -0.4 is 4.74 Å². The number of benzene rings is 1. The van der Waals surface area contributed by atoms with Gasteiger partial charge in [-0.25, -0.2) is 0 Å². The fourth-order valence-electron chi connectivity index (χ4n) is 1.38. The Balaban J connectivity index is 3.22. The molecule has 0 aliphatic carbocycles. The first kappa shape index (κ1) is 10.8. The molecule has 0 heterocycles. The second-order valence-corrected chi connectivity index (χ2v) is 3.48. The van der Waals surface area contributed by atoms with Gasteiger partial charge in [-0.1, -0.05) is 24.3 Å². The summed E-state index contributed by atoms with van der Waals surface area (Å²) < 4.78 is 5.24. The van der Waals surface area contributed by atoms with Crippen molar-refractivity contribution in [2.75, 3.05) is 13.7 Å². The largest absolute Gasteiger partial charge is 0.496 e. The van der Waals surface area contributed by atoms with Gasteiger partial charge in [0.05, 0.1) is 13.7 Å². The Kier molecular flexibility index (Phi) is 3.31. The van der Waals surface area contributed by atoms with Gasteiger partial charge in [-0.2, -0.15) is 0 Å². The predicted octanol–water partition coefficient (Wildman–Crippen LogP) is 2.13. The number of para-hydroxylation sites is 1. The van der Waals surface area contributed by atoms with E-state index in [0.717, 1.165) is 11.3 Å². The molecule has 1 rings (SSSR count). The van der Waals surface area contributed by atoms with Crippen LogP contribution in [0.5, 0.6) is 5.75 Å². The van der Waals surface area contributed by atoms with E-state index in [0.29, 0.717) is 0 Å². The van der Waals surface area contributed by atoms with Crippen LogP contribution in [-0.4, -0.2) is 18.8 Å². The van der Waals surface area contributed by atoms with E-state index in [1.54, 1.807) is 13.2 Å². The van der Waals surface area contributed by atoms with Crippen molar-refractivity contribution in [3.8, 4) is 5.75 Å². The summed E-state index contributed by atoms with van der Waals surface area (Å²) in [6.45, 7) is 5.69. The fourth-order valence-corrected chi connectivity index (χ4v) is 1.38. The molecule has 1 atom stereocenters. The van der Waals surface area contributed by atoms with Crippen LogP contribution in [0.3, 0.4) is 0 Å². The summed E-state index contributed by atoms with van der Waals surface area (Å²) in [4.78, 5) is 0. The van der Waals surface area contributed by atoms with Gasteiger partial charge in [0.15, 0.2) is 0 Å². The molecule has 2 heteroatoms. The zero-order valence-electron chi connectivity index (χ0n) is 8.66. The van der Waals surface area contributed by atoms with Gasteiger partial charge in [-0.05, 0) is 13.0 Å². The van der Waals surface area contributed by atoms with Crippen molar-refractivity contribution < 1.29 is 9.84 Å². The van der Waals surface area contributed by atoms with E-state index in [9.17, 15) is 5.11 Å². The molecular formula is C12H16O2. The Labute approximate surface area is 84.8 Å². The molecule has 0 fully saturated rings. The molecule has 0 spiro atoms. The van der Waals surface area contributed by atoms with E-state index in [1.807, 2.05) is 31.2 Å². The van der Waals surface area contributed by atoms with Crippen molar-refractivity contribution in [2.24, 2.45) is 0 Å². The van der Waals surface area contributed by atoms with Gasteiger partial charge < -0.3 is 9.84 Å². The monoisotopic (exact) mass is 192 g/mol. The van der Waals surface area contributed by atoms with Crippen molar-refractivity contribution in [3.63, 3.8) is 0 Å². The van der Waals surface area contributed by atoms with Crippen molar-refractivity contribution >= 4 is 0 Å². The highest BCUT2D eigenvalue weighted by Gasteiger charge is 2.24. The van der Waals surface area contributed by atoms with Gasteiger partial charge in [0.1, 0.15) is 5.75 Å². The molecule has 0 aromatic heterocycles. The summed E-state index contributed by atoms with van der Waals surface area (Å²) in [6.07, 6.45) is 1.74. The van der Waals surface area contributed by atoms with E-state index in [4.69, 9.17) is 4.74 Å². The maximum absolute atomic E-state index is 9.33. The third-order valence-corrected chi connectivity index (χ3v) is 2.50. The van der Waals surface area contributed by atoms with Gasteiger partial charge in [0.2, 0.25) is 0 Å². The molecule has 2 nitrogen and oxygen atoms in total. The first-order valence-corrected chi connectivity index (χ1v) is 4.56. The van der Waals surface area contributed by atoms with Crippen LogP contribution in [0.4, 0.5) is 0 Å². The lowest BCUT2D eigenvalue weighted by molar-refractivity contribution is 0.232. The molecule has 0 radical (unpaired) electrons. The molecule has 0 bridgehead atoms. The summed E-state index contributed by atoms with van der Waals surface area (Å²) in [7, 11) is 1.62. The summed E-state index contributed by atoms with van der Waals surface area (Å²) in [5.41, 5.74) is 0.520. The maximum Gasteiger partial charge on any atom is 0.123 e. The number of aliphatic hydroxyl groups excluding tert-OH is 1. The second-order valence-electron chi connectivity index (χ2n) is 3.48. The zero-order chi connectivity index (χ0) is 10.6. The molecule has 14 heavy (non-hydrogen) atoms. The van der Waals surface area contributed by atoms with Crippen molar-refractivity contribution in [3.05, 3.63) is 42.5 Å². The Morgan fingerprint density at radius 3 is 2.64 bits per heavy atom. The Morgan fingerprint density at radius 2 is 2.14 bits per heavy atom. The average Bonchev–Trinajstić information content (AvgIpc) is 2.28. The quantitative estimate of drug-likeness (QED) is 0.740. The Bertz CT molecular complexity index is 320. The maximum atomic E-state index is 9.33. The minimum Gasteiger partial charge on any atom is -0.496 e.